The fraction of sp³-hybridized carbons (Fsp3) is 0.148. The largest absolute Gasteiger partial charge is 0.497 e. The molecule has 0 aliphatic carbocycles. The van der Waals surface area contributed by atoms with Crippen molar-refractivity contribution in [2.45, 2.75) is 12.8 Å². The lowest BCUT2D eigenvalue weighted by Gasteiger charge is -2.06. The Morgan fingerprint density at radius 2 is 1.83 bits per heavy atom. The number of carbonyl (C=O) groups is 1. The number of rotatable bonds is 9. The molecule has 2 N–H and O–H groups in total. The van der Waals surface area contributed by atoms with Crippen LogP contribution in [0.2, 0.25) is 0 Å². The molecule has 3 heterocycles. The van der Waals surface area contributed by atoms with Crippen molar-refractivity contribution in [2.75, 3.05) is 19.0 Å². The van der Waals surface area contributed by atoms with Gasteiger partial charge in [0, 0.05) is 24.3 Å². The lowest BCUT2D eigenvalue weighted by atomic mass is 10.1. The van der Waals surface area contributed by atoms with E-state index in [4.69, 9.17) is 4.74 Å². The van der Waals surface area contributed by atoms with Gasteiger partial charge in [0.15, 0.2) is 11.6 Å². The molecule has 0 saturated carbocycles. The van der Waals surface area contributed by atoms with Crippen molar-refractivity contribution in [1.29, 1.82) is 0 Å². The third-order valence-electron chi connectivity index (χ3n) is 5.78. The first-order valence-corrected chi connectivity index (χ1v) is 11.6. The van der Waals surface area contributed by atoms with Crippen LogP contribution in [0.15, 0.2) is 85.5 Å². The summed E-state index contributed by atoms with van der Waals surface area (Å²) >= 11 is 0. The monoisotopic (exact) mass is 479 g/mol. The second kappa shape index (κ2) is 10.6. The van der Waals surface area contributed by atoms with E-state index in [-0.39, 0.29) is 12.3 Å². The molecule has 36 heavy (non-hydrogen) atoms. The highest BCUT2D eigenvalue weighted by Gasteiger charge is 2.14. The van der Waals surface area contributed by atoms with Crippen molar-refractivity contribution in [3.8, 4) is 11.6 Å². The minimum absolute atomic E-state index is 0.0260. The van der Waals surface area contributed by atoms with Crippen molar-refractivity contribution in [2.24, 2.45) is 0 Å². The van der Waals surface area contributed by atoms with Crippen LogP contribution in [0, 0.1) is 0 Å². The molecule has 0 bridgehead atoms. The predicted octanol–water partition coefficient (Wildman–Crippen LogP) is 3.86. The lowest BCUT2D eigenvalue weighted by Crippen LogP contribution is -2.27. The van der Waals surface area contributed by atoms with Crippen LogP contribution < -0.4 is 15.4 Å². The molecule has 0 aliphatic rings. The van der Waals surface area contributed by atoms with Gasteiger partial charge < -0.3 is 15.4 Å². The summed E-state index contributed by atoms with van der Waals surface area (Å²) in [7, 11) is 1.65. The molecule has 0 radical (unpaired) electrons. The number of hydrogen-bond donors (Lipinski definition) is 2. The summed E-state index contributed by atoms with van der Waals surface area (Å²) in [5.41, 5.74) is 3.03. The Morgan fingerprint density at radius 1 is 0.972 bits per heavy atom. The first kappa shape index (κ1) is 23.0. The van der Waals surface area contributed by atoms with Gasteiger partial charge in [-0.15, -0.1) is 10.2 Å². The molecule has 1 amide bonds. The summed E-state index contributed by atoms with van der Waals surface area (Å²) < 4.78 is 7.14. The number of aromatic nitrogens is 5. The first-order valence-electron chi connectivity index (χ1n) is 11.6. The number of ether oxygens (including phenoxy) is 1. The third-order valence-corrected chi connectivity index (χ3v) is 5.78. The van der Waals surface area contributed by atoms with Gasteiger partial charge in [0.2, 0.25) is 5.91 Å². The van der Waals surface area contributed by atoms with Gasteiger partial charge in [0.05, 0.1) is 19.0 Å². The molecule has 0 fully saturated rings. The average Bonchev–Trinajstić information content (AvgIpc) is 3.28. The van der Waals surface area contributed by atoms with Crippen molar-refractivity contribution in [3.63, 3.8) is 0 Å². The number of fused-ring (bicyclic) bond motifs is 1. The van der Waals surface area contributed by atoms with E-state index in [2.05, 4.69) is 30.8 Å². The fourth-order valence-corrected chi connectivity index (χ4v) is 3.97. The van der Waals surface area contributed by atoms with Gasteiger partial charge in [-0.3, -0.25) is 9.36 Å². The zero-order chi connectivity index (χ0) is 24.7. The van der Waals surface area contributed by atoms with E-state index in [1.807, 2.05) is 71.4 Å². The molecular weight excluding hydrogens is 454 g/mol. The van der Waals surface area contributed by atoms with E-state index >= 15 is 0 Å². The molecule has 180 valence electrons. The number of amides is 1. The zero-order valence-corrected chi connectivity index (χ0v) is 19.8. The second-order valence-electron chi connectivity index (χ2n) is 8.16. The lowest BCUT2D eigenvalue weighted by molar-refractivity contribution is -0.120. The Kier molecular flexibility index (Phi) is 6.79. The van der Waals surface area contributed by atoms with E-state index in [1.54, 1.807) is 19.4 Å². The van der Waals surface area contributed by atoms with E-state index in [0.717, 1.165) is 34.2 Å². The number of anilines is 2. The molecule has 5 rings (SSSR count). The van der Waals surface area contributed by atoms with Gasteiger partial charge >= 0.3 is 0 Å². The van der Waals surface area contributed by atoms with Crippen molar-refractivity contribution in [1.82, 2.24) is 30.0 Å². The van der Waals surface area contributed by atoms with Crippen LogP contribution in [0.3, 0.4) is 0 Å². The van der Waals surface area contributed by atoms with Gasteiger partial charge in [-0.1, -0.05) is 30.3 Å². The molecule has 0 saturated heterocycles. The fourth-order valence-electron chi connectivity index (χ4n) is 3.97. The van der Waals surface area contributed by atoms with E-state index < -0.39 is 0 Å². The van der Waals surface area contributed by atoms with Crippen LogP contribution in [0.5, 0.6) is 5.75 Å². The Labute approximate surface area is 208 Å². The Bertz CT molecular complexity index is 1450. The summed E-state index contributed by atoms with van der Waals surface area (Å²) in [5.74, 6) is 2.66. The maximum absolute atomic E-state index is 12.7. The molecule has 9 nitrogen and oxygen atoms in total. The first-order chi connectivity index (χ1) is 17.7. The third kappa shape index (κ3) is 5.30. The van der Waals surface area contributed by atoms with Crippen LogP contribution in [0.4, 0.5) is 11.6 Å². The van der Waals surface area contributed by atoms with Gasteiger partial charge in [-0.2, -0.15) is 0 Å². The Balaban J connectivity index is 1.27. The highest BCUT2D eigenvalue weighted by atomic mass is 16.5. The maximum atomic E-state index is 12.7. The predicted molar refractivity (Wildman–Crippen MR) is 138 cm³/mol. The van der Waals surface area contributed by atoms with E-state index in [0.29, 0.717) is 24.0 Å². The summed E-state index contributed by atoms with van der Waals surface area (Å²) in [5, 5.41) is 15.8. The summed E-state index contributed by atoms with van der Waals surface area (Å²) in [4.78, 5) is 20.8. The van der Waals surface area contributed by atoms with Crippen LogP contribution in [-0.2, 0) is 17.6 Å². The number of carbonyl (C=O) groups excluding carboxylic acids is 1. The number of hydrogen-bond acceptors (Lipinski definition) is 7. The van der Waals surface area contributed by atoms with E-state index in [9.17, 15) is 4.79 Å². The smallest absolute Gasteiger partial charge is 0.224 e. The molecule has 0 spiro atoms. The number of methoxy groups -OCH3 is 1. The van der Waals surface area contributed by atoms with Crippen LogP contribution >= 0.6 is 0 Å². The average molecular weight is 480 g/mol. The zero-order valence-electron chi connectivity index (χ0n) is 19.8. The SMILES string of the molecule is COc1ccc(CCNC(=O)Cc2cn(-c3ccc(Nc4ccncn4)nn3)c3ccccc23)cc1. The Morgan fingerprint density at radius 3 is 2.58 bits per heavy atom. The Hall–Kier alpha value is -4.79. The molecule has 0 atom stereocenters. The maximum Gasteiger partial charge on any atom is 0.224 e. The number of benzene rings is 2. The molecule has 2 aromatic carbocycles. The minimum atomic E-state index is -0.0260. The normalized spacial score (nSPS) is 10.8. The standard InChI is InChI=1S/C27H25N7O2/c1-36-21-8-6-19(7-9-21)12-15-29-27(35)16-20-17-34(23-5-3-2-4-22(20)23)26-11-10-25(32-33-26)31-24-13-14-28-18-30-24/h2-11,13-14,17-18H,12,15-16H2,1H3,(H,29,35)(H,28,30,31,32). The summed E-state index contributed by atoms with van der Waals surface area (Å²) in [6.07, 6.45) is 6.10. The highest BCUT2D eigenvalue weighted by Crippen LogP contribution is 2.25. The summed E-state index contributed by atoms with van der Waals surface area (Å²) in [6.45, 7) is 0.566. The molecule has 3 aromatic heterocycles. The van der Waals surface area contributed by atoms with Gasteiger partial charge in [-0.25, -0.2) is 9.97 Å². The number of nitrogens with zero attached hydrogens (tertiary/aromatic N) is 5. The van der Waals surface area contributed by atoms with Crippen LogP contribution in [-0.4, -0.2) is 44.3 Å². The summed E-state index contributed by atoms with van der Waals surface area (Å²) in [6, 6.07) is 21.3. The molecule has 9 heteroatoms. The quantitative estimate of drug-likeness (QED) is 0.331. The van der Waals surface area contributed by atoms with Crippen molar-refractivity contribution < 1.29 is 9.53 Å². The van der Waals surface area contributed by atoms with Crippen LogP contribution in [0.25, 0.3) is 16.7 Å². The van der Waals surface area contributed by atoms with Crippen LogP contribution in [0.1, 0.15) is 11.1 Å². The van der Waals surface area contributed by atoms with E-state index in [1.165, 1.54) is 6.33 Å². The number of para-hydroxylation sites is 1. The van der Waals surface area contributed by atoms with Gasteiger partial charge in [0.1, 0.15) is 17.9 Å². The molecule has 0 aliphatic heterocycles. The highest BCUT2D eigenvalue weighted by molar-refractivity contribution is 5.90. The topological polar surface area (TPSA) is 107 Å². The molecular formula is C27H25N7O2. The van der Waals surface area contributed by atoms with Gasteiger partial charge in [0.25, 0.3) is 0 Å². The van der Waals surface area contributed by atoms with Crippen molar-refractivity contribution in [3.05, 3.63) is 96.6 Å². The van der Waals surface area contributed by atoms with Crippen molar-refractivity contribution >= 4 is 28.4 Å². The second-order valence-corrected chi connectivity index (χ2v) is 8.16. The van der Waals surface area contributed by atoms with Gasteiger partial charge in [-0.05, 0) is 53.9 Å². The molecule has 0 unspecified atom stereocenters. The number of nitrogens with one attached hydrogen (secondary N) is 2. The minimum Gasteiger partial charge on any atom is -0.497 e. The molecule has 5 aromatic rings.